The van der Waals surface area contributed by atoms with Crippen molar-refractivity contribution in [2.75, 3.05) is 57.6 Å². The normalized spacial score (nSPS) is 18.1. The third kappa shape index (κ3) is 6.05. The van der Waals surface area contributed by atoms with Crippen LogP contribution in [0, 0.1) is 0 Å². The summed E-state index contributed by atoms with van der Waals surface area (Å²) in [6.45, 7) is 4.66. The van der Waals surface area contributed by atoms with Gasteiger partial charge in [0.1, 0.15) is 5.52 Å². The second kappa shape index (κ2) is 11.3. The van der Waals surface area contributed by atoms with Crippen molar-refractivity contribution in [3.05, 3.63) is 53.6 Å². The lowest BCUT2D eigenvalue weighted by atomic mass is 9.91. The fraction of sp³-hybridized carbons (Fsp3) is 0.462. The van der Waals surface area contributed by atoms with Gasteiger partial charge in [-0.05, 0) is 25.3 Å². The molecule has 0 spiro atoms. The Kier molecular flexibility index (Phi) is 7.82. The average Bonchev–Trinajstić information content (AvgIpc) is 3.59. The molecular formula is C26H33N7O5S. The van der Waals surface area contributed by atoms with Gasteiger partial charge in [0.2, 0.25) is 10.0 Å². The number of amides is 1. The molecule has 1 fully saturated rings. The Morgan fingerprint density at radius 3 is 2.77 bits per heavy atom. The summed E-state index contributed by atoms with van der Waals surface area (Å²) in [4.78, 5) is 24.4. The molecule has 1 unspecified atom stereocenters. The van der Waals surface area contributed by atoms with Gasteiger partial charge in [-0.1, -0.05) is 23.8 Å². The van der Waals surface area contributed by atoms with E-state index in [4.69, 9.17) is 14.1 Å². The summed E-state index contributed by atoms with van der Waals surface area (Å²) >= 11 is 0. The molecule has 0 bridgehead atoms. The number of rotatable bonds is 9. The van der Waals surface area contributed by atoms with Crippen molar-refractivity contribution >= 4 is 32.8 Å². The average molecular weight is 556 g/mol. The number of nitrogens with zero attached hydrogens (tertiary/aromatic N) is 6. The van der Waals surface area contributed by atoms with E-state index in [2.05, 4.69) is 45.5 Å². The largest absolute Gasteiger partial charge is 0.445 e. The van der Waals surface area contributed by atoms with Crippen LogP contribution in [0.4, 0.5) is 5.82 Å². The molecule has 3 aromatic rings. The Bertz CT molecular complexity index is 1520. The van der Waals surface area contributed by atoms with Gasteiger partial charge in [0.25, 0.3) is 11.9 Å². The Labute approximate surface area is 227 Å². The van der Waals surface area contributed by atoms with E-state index >= 15 is 0 Å². The molecular weight excluding hydrogens is 522 g/mol. The van der Waals surface area contributed by atoms with E-state index in [1.807, 2.05) is 12.4 Å². The minimum absolute atomic E-state index is 0.0607. The number of furan rings is 1. The van der Waals surface area contributed by atoms with Crippen LogP contribution in [0.15, 0.2) is 46.7 Å². The first kappa shape index (κ1) is 27.0. The Hall–Kier alpha value is -3.55. The molecule has 0 aromatic carbocycles. The molecule has 1 saturated heterocycles. The Morgan fingerprint density at radius 1 is 1.23 bits per heavy atom. The highest BCUT2D eigenvalue weighted by Gasteiger charge is 2.24. The quantitative estimate of drug-likeness (QED) is 0.394. The topological polar surface area (TPSA) is 136 Å². The standard InChI is InChI=1S/C26H33N7O5S/c1-18-6-4-7-19(14-18)20-16-28-33(17-20)26-29-21-15-22(25(34)27-8-5-13-39(35,36)31(2)3)38-23(21)24(30-26)32-9-11-37-12-10-32/h4,6-7,15-17,19H,5,8-14H2,1-3H3,(H,27,34). The number of nitrogens with one attached hydrogen (secondary N) is 1. The maximum atomic E-state index is 12.8. The van der Waals surface area contributed by atoms with Gasteiger partial charge in [0, 0.05) is 51.9 Å². The molecule has 0 saturated carbocycles. The van der Waals surface area contributed by atoms with Crippen molar-refractivity contribution in [1.82, 2.24) is 29.4 Å². The summed E-state index contributed by atoms with van der Waals surface area (Å²) in [7, 11) is -0.359. The number of fused-ring (bicyclic) bond motifs is 1. The van der Waals surface area contributed by atoms with Gasteiger partial charge in [-0.25, -0.2) is 22.4 Å². The van der Waals surface area contributed by atoms with Crippen LogP contribution in [0.1, 0.15) is 41.8 Å². The zero-order chi connectivity index (χ0) is 27.6. The number of hydrogen-bond acceptors (Lipinski definition) is 9. The second-order valence-corrected chi connectivity index (χ2v) is 12.2. The van der Waals surface area contributed by atoms with Crippen molar-refractivity contribution in [3.63, 3.8) is 0 Å². The number of carbonyl (C=O) groups excluding carboxylic acids is 1. The van der Waals surface area contributed by atoms with Gasteiger partial charge in [-0.3, -0.25) is 4.79 Å². The molecule has 0 radical (unpaired) electrons. The first-order valence-corrected chi connectivity index (χ1v) is 14.5. The molecule has 1 atom stereocenters. The first-order valence-electron chi connectivity index (χ1n) is 12.9. The molecule has 1 N–H and O–H groups in total. The van der Waals surface area contributed by atoms with Crippen molar-refractivity contribution in [2.45, 2.75) is 25.7 Å². The SMILES string of the molecule is CC1=CC=CC(c2cnn(-c3nc(N4CCOCC4)c4oc(C(=O)NCCCS(=O)(=O)N(C)C)cc4n3)c2)C1. The van der Waals surface area contributed by atoms with E-state index in [-0.39, 0.29) is 30.4 Å². The second-order valence-electron chi connectivity index (χ2n) is 9.91. The van der Waals surface area contributed by atoms with E-state index in [0.29, 0.717) is 49.2 Å². The Balaban J connectivity index is 1.40. The first-order chi connectivity index (χ1) is 18.7. The van der Waals surface area contributed by atoms with E-state index in [1.165, 1.54) is 24.0 Å². The van der Waals surface area contributed by atoms with E-state index < -0.39 is 15.9 Å². The van der Waals surface area contributed by atoms with E-state index in [0.717, 1.165) is 12.0 Å². The van der Waals surface area contributed by atoms with Gasteiger partial charge < -0.3 is 19.4 Å². The van der Waals surface area contributed by atoms with Gasteiger partial charge in [-0.2, -0.15) is 10.1 Å². The number of aromatic nitrogens is 4. The third-order valence-corrected chi connectivity index (χ3v) is 8.72. The number of anilines is 1. The number of hydrogen-bond donors (Lipinski definition) is 1. The molecule has 3 aromatic heterocycles. The van der Waals surface area contributed by atoms with Crippen LogP contribution < -0.4 is 10.2 Å². The van der Waals surface area contributed by atoms with Crippen molar-refractivity contribution in [2.24, 2.45) is 0 Å². The molecule has 1 amide bonds. The maximum Gasteiger partial charge on any atom is 0.287 e. The molecule has 39 heavy (non-hydrogen) atoms. The molecule has 1 aliphatic carbocycles. The zero-order valence-electron chi connectivity index (χ0n) is 22.3. The molecule has 13 heteroatoms. The number of morpholine rings is 1. The molecule has 1 aliphatic heterocycles. The van der Waals surface area contributed by atoms with Gasteiger partial charge in [0.15, 0.2) is 17.2 Å². The highest BCUT2D eigenvalue weighted by Crippen LogP contribution is 2.31. The fourth-order valence-corrected chi connectivity index (χ4v) is 5.41. The maximum absolute atomic E-state index is 12.8. The lowest BCUT2D eigenvalue weighted by Gasteiger charge is -2.27. The predicted octanol–water partition coefficient (Wildman–Crippen LogP) is 2.25. The van der Waals surface area contributed by atoms with Crippen molar-refractivity contribution in [3.8, 4) is 5.95 Å². The number of sulfonamides is 1. The van der Waals surface area contributed by atoms with Crippen LogP contribution in [0.3, 0.4) is 0 Å². The lowest BCUT2D eigenvalue weighted by molar-refractivity contribution is 0.0928. The van der Waals surface area contributed by atoms with Gasteiger partial charge >= 0.3 is 0 Å². The van der Waals surface area contributed by atoms with Crippen LogP contribution in [0.5, 0.6) is 0 Å². The van der Waals surface area contributed by atoms with Crippen molar-refractivity contribution < 1.29 is 22.4 Å². The van der Waals surface area contributed by atoms with Crippen LogP contribution in [0.25, 0.3) is 17.0 Å². The molecule has 208 valence electrons. The van der Waals surface area contributed by atoms with E-state index in [9.17, 15) is 13.2 Å². The Morgan fingerprint density at radius 2 is 2.03 bits per heavy atom. The lowest BCUT2D eigenvalue weighted by Crippen LogP contribution is -2.37. The summed E-state index contributed by atoms with van der Waals surface area (Å²) in [6.07, 6.45) is 11.3. The van der Waals surface area contributed by atoms with E-state index in [1.54, 1.807) is 10.7 Å². The minimum atomic E-state index is -3.33. The van der Waals surface area contributed by atoms with Crippen molar-refractivity contribution in [1.29, 1.82) is 0 Å². The third-order valence-electron chi connectivity index (χ3n) is 6.80. The van der Waals surface area contributed by atoms with Crippen LogP contribution in [-0.4, -0.2) is 91.1 Å². The number of allylic oxidation sites excluding steroid dienone is 4. The monoisotopic (exact) mass is 555 g/mol. The molecule has 4 heterocycles. The van der Waals surface area contributed by atoms with Gasteiger partial charge in [-0.15, -0.1) is 0 Å². The summed E-state index contributed by atoms with van der Waals surface area (Å²) in [5.74, 6) is 0.764. The van der Waals surface area contributed by atoms with Crippen LogP contribution >= 0.6 is 0 Å². The summed E-state index contributed by atoms with van der Waals surface area (Å²) < 4.78 is 38.2. The summed E-state index contributed by atoms with van der Waals surface area (Å²) in [5.41, 5.74) is 3.27. The molecule has 2 aliphatic rings. The number of ether oxygens (including phenoxy) is 1. The highest BCUT2D eigenvalue weighted by molar-refractivity contribution is 7.89. The van der Waals surface area contributed by atoms with Gasteiger partial charge in [0.05, 0.1) is 25.2 Å². The molecule has 12 nitrogen and oxygen atoms in total. The predicted molar refractivity (Wildman–Crippen MR) is 147 cm³/mol. The number of carbonyl (C=O) groups is 1. The highest BCUT2D eigenvalue weighted by atomic mass is 32.2. The zero-order valence-corrected chi connectivity index (χ0v) is 23.1. The minimum Gasteiger partial charge on any atom is -0.445 e. The van der Waals surface area contributed by atoms with Crippen LogP contribution in [0.2, 0.25) is 0 Å². The molecule has 5 rings (SSSR count). The summed E-state index contributed by atoms with van der Waals surface area (Å²) in [5, 5.41) is 7.27. The fourth-order valence-electron chi connectivity index (χ4n) is 4.54. The summed E-state index contributed by atoms with van der Waals surface area (Å²) in [6, 6.07) is 1.58. The smallest absolute Gasteiger partial charge is 0.287 e. The van der Waals surface area contributed by atoms with Crippen LogP contribution in [-0.2, 0) is 14.8 Å².